The first kappa shape index (κ1) is 28.4. The van der Waals surface area contributed by atoms with E-state index in [1.165, 1.54) is 0 Å². The first-order valence-electron chi connectivity index (χ1n) is 13.1. The fourth-order valence-corrected chi connectivity index (χ4v) is 6.85. The second kappa shape index (κ2) is 10.4. The van der Waals surface area contributed by atoms with E-state index >= 15 is 0 Å². The van der Waals surface area contributed by atoms with Crippen molar-refractivity contribution in [3.8, 4) is 5.75 Å². The highest BCUT2D eigenvalue weighted by atomic mass is 19.4. The van der Waals surface area contributed by atoms with E-state index in [1.54, 1.807) is 20.4 Å². The van der Waals surface area contributed by atoms with Crippen LogP contribution >= 0.6 is 0 Å². The zero-order chi connectivity index (χ0) is 28.9. The maximum Gasteiger partial charge on any atom is 0.416 e. The lowest BCUT2D eigenvalue weighted by molar-refractivity contribution is -0.985. The molecular formula is C30H31F6N2O2+. The zero-order valence-electron chi connectivity index (χ0n) is 22.2. The van der Waals surface area contributed by atoms with Gasteiger partial charge in [-0.1, -0.05) is 6.08 Å². The number of halogens is 6. The highest BCUT2D eigenvalue weighted by molar-refractivity contribution is 5.84. The molecule has 1 aromatic heterocycles. The number of aromatic nitrogens is 1. The Morgan fingerprint density at radius 1 is 1.02 bits per heavy atom. The van der Waals surface area contributed by atoms with Gasteiger partial charge in [-0.2, -0.15) is 26.3 Å². The first-order chi connectivity index (χ1) is 18.9. The van der Waals surface area contributed by atoms with Gasteiger partial charge in [0.25, 0.3) is 0 Å². The van der Waals surface area contributed by atoms with Crippen molar-refractivity contribution < 1.29 is 40.3 Å². The number of methoxy groups -OCH3 is 2. The number of benzene rings is 2. The van der Waals surface area contributed by atoms with Gasteiger partial charge in [0, 0.05) is 43.0 Å². The van der Waals surface area contributed by atoms with Gasteiger partial charge in [0.15, 0.2) is 0 Å². The summed E-state index contributed by atoms with van der Waals surface area (Å²) < 4.78 is 94.0. The van der Waals surface area contributed by atoms with Gasteiger partial charge in [-0.15, -0.1) is 6.58 Å². The minimum atomic E-state index is -4.90. The molecule has 214 valence electrons. The van der Waals surface area contributed by atoms with Crippen molar-refractivity contribution in [3.63, 3.8) is 0 Å². The molecule has 3 fully saturated rings. The van der Waals surface area contributed by atoms with Crippen LogP contribution in [-0.2, 0) is 23.6 Å². The summed E-state index contributed by atoms with van der Waals surface area (Å²) in [5.74, 6) is 1.04. The third kappa shape index (κ3) is 5.19. The molecule has 3 saturated heterocycles. The largest absolute Gasteiger partial charge is 0.497 e. The molecule has 0 aliphatic carbocycles. The maximum atomic E-state index is 13.7. The van der Waals surface area contributed by atoms with E-state index in [9.17, 15) is 26.3 Å². The van der Waals surface area contributed by atoms with E-state index in [4.69, 9.17) is 9.47 Å². The Morgan fingerprint density at radius 3 is 2.33 bits per heavy atom. The average Bonchev–Trinajstić information content (AvgIpc) is 2.92. The molecule has 6 rings (SSSR count). The molecule has 0 amide bonds. The summed E-state index contributed by atoms with van der Waals surface area (Å²) in [6.07, 6.45) is -5.22. The number of ether oxygens (including phenoxy) is 2. The van der Waals surface area contributed by atoms with E-state index in [1.807, 2.05) is 30.3 Å². The molecule has 2 aromatic carbocycles. The number of hydrogen-bond donors (Lipinski definition) is 0. The number of quaternary nitrogens is 1. The van der Waals surface area contributed by atoms with Crippen LogP contribution in [-0.4, -0.2) is 42.8 Å². The average molecular weight is 566 g/mol. The van der Waals surface area contributed by atoms with Crippen molar-refractivity contribution in [1.82, 2.24) is 4.98 Å². The molecule has 0 N–H and O–H groups in total. The summed E-state index contributed by atoms with van der Waals surface area (Å²) >= 11 is 0. The van der Waals surface area contributed by atoms with Crippen LogP contribution in [0.15, 0.2) is 61.3 Å². The van der Waals surface area contributed by atoms with Gasteiger partial charge in [0.05, 0.1) is 36.8 Å². The van der Waals surface area contributed by atoms with Crippen LogP contribution in [0.4, 0.5) is 26.3 Å². The summed E-state index contributed by atoms with van der Waals surface area (Å²) in [4.78, 5) is 4.46. The van der Waals surface area contributed by atoms with E-state index in [0.717, 1.165) is 35.0 Å². The van der Waals surface area contributed by atoms with Crippen molar-refractivity contribution in [3.05, 3.63) is 83.6 Å². The number of nitrogens with zero attached hydrogens (tertiary/aromatic N) is 2. The molecular weight excluding hydrogens is 534 g/mol. The summed E-state index contributed by atoms with van der Waals surface area (Å²) in [7, 11) is 3.16. The number of pyridine rings is 1. The fourth-order valence-electron chi connectivity index (χ4n) is 6.85. The molecule has 4 heterocycles. The van der Waals surface area contributed by atoms with Gasteiger partial charge in [0.1, 0.15) is 24.4 Å². The lowest BCUT2D eigenvalue weighted by Crippen LogP contribution is -2.67. The Kier molecular flexibility index (Phi) is 7.37. The molecule has 3 aliphatic rings. The summed E-state index contributed by atoms with van der Waals surface area (Å²) in [6.45, 7) is 5.17. The van der Waals surface area contributed by atoms with Crippen molar-refractivity contribution in [2.75, 3.05) is 27.3 Å². The smallest absolute Gasteiger partial charge is 0.416 e. The number of hydrogen-bond acceptors (Lipinski definition) is 3. The Morgan fingerprint density at radius 2 is 1.73 bits per heavy atom. The molecule has 0 saturated carbocycles. The van der Waals surface area contributed by atoms with Crippen molar-refractivity contribution in [2.24, 2.45) is 11.8 Å². The molecule has 5 atom stereocenters. The van der Waals surface area contributed by atoms with Crippen LogP contribution in [0.2, 0.25) is 0 Å². The molecule has 0 unspecified atom stereocenters. The van der Waals surface area contributed by atoms with Crippen LogP contribution in [0.3, 0.4) is 0 Å². The number of alkyl halides is 6. The third-order valence-corrected chi connectivity index (χ3v) is 8.71. The van der Waals surface area contributed by atoms with Gasteiger partial charge >= 0.3 is 12.4 Å². The van der Waals surface area contributed by atoms with Crippen LogP contribution < -0.4 is 4.74 Å². The Labute approximate surface area is 228 Å². The predicted molar refractivity (Wildman–Crippen MR) is 138 cm³/mol. The van der Waals surface area contributed by atoms with Crippen molar-refractivity contribution >= 4 is 10.9 Å². The molecule has 40 heavy (non-hydrogen) atoms. The van der Waals surface area contributed by atoms with E-state index in [-0.39, 0.29) is 30.1 Å². The van der Waals surface area contributed by atoms with E-state index < -0.39 is 29.6 Å². The van der Waals surface area contributed by atoms with Crippen LogP contribution in [0.1, 0.15) is 41.2 Å². The molecule has 3 aromatic rings. The van der Waals surface area contributed by atoms with Crippen LogP contribution in [0.25, 0.3) is 10.9 Å². The second-order valence-electron chi connectivity index (χ2n) is 10.9. The summed E-state index contributed by atoms with van der Waals surface area (Å²) in [6, 6.07) is 9.09. The van der Waals surface area contributed by atoms with Crippen LogP contribution in [0, 0.1) is 11.8 Å². The summed E-state index contributed by atoms with van der Waals surface area (Å²) in [5.41, 5.74) is -0.993. The van der Waals surface area contributed by atoms with Crippen LogP contribution in [0.5, 0.6) is 5.75 Å². The van der Waals surface area contributed by atoms with E-state index in [0.29, 0.717) is 35.7 Å². The minimum Gasteiger partial charge on any atom is -0.497 e. The monoisotopic (exact) mass is 565 g/mol. The SMILES string of the molecule is C=C[C@H]1C[N@+]2(Cc3cc(C(F)(F)F)cc(C(F)(F)F)c3)CC[C@H]1C[C@H]2[C@H](OC)c1ccnc2ccc(OC)cc12. The van der Waals surface area contributed by atoms with E-state index in [2.05, 4.69) is 11.6 Å². The number of fused-ring (bicyclic) bond motifs is 4. The quantitative estimate of drug-likeness (QED) is 0.168. The van der Waals surface area contributed by atoms with Gasteiger partial charge in [-0.05, 0) is 53.9 Å². The van der Waals surface area contributed by atoms with Crippen molar-refractivity contribution in [2.45, 2.75) is 43.9 Å². The highest BCUT2D eigenvalue weighted by Crippen LogP contribution is 2.49. The normalized spacial score (nSPS) is 25.6. The highest BCUT2D eigenvalue weighted by Gasteiger charge is 2.54. The van der Waals surface area contributed by atoms with Gasteiger partial charge in [0.2, 0.25) is 0 Å². The first-order valence-corrected chi connectivity index (χ1v) is 13.1. The second-order valence-corrected chi connectivity index (χ2v) is 10.9. The lowest BCUT2D eigenvalue weighted by atomic mass is 9.71. The van der Waals surface area contributed by atoms with Gasteiger partial charge in [-0.25, -0.2) is 0 Å². The third-order valence-electron chi connectivity index (χ3n) is 8.71. The van der Waals surface area contributed by atoms with Gasteiger partial charge in [-0.3, -0.25) is 4.98 Å². The topological polar surface area (TPSA) is 31.4 Å². The molecule has 0 radical (unpaired) electrons. The lowest BCUT2D eigenvalue weighted by Gasteiger charge is -2.58. The number of rotatable bonds is 7. The standard InChI is InChI=1S/C30H31F6N2O2/c1-4-19-17-38(16-18-11-21(29(31,32)33)14-22(12-18)30(34,35)36)10-8-20(19)13-27(38)28(40-3)24-7-9-37-26-6-5-23(39-2)15-25(24)26/h4-7,9,11-12,14-15,19-20,27-28H,1,8,10,13,16-17H2,2-3H3/q+1/t19-,20-,27-,28+,38+/m0/s1. The maximum absolute atomic E-state index is 13.7. The van der Waals surface area contributed by atoms with Crippen molar-refractivity contribution in [1.29, 1.82) is 0 Å². The molecule has 3 aliphatic heterocycles. The molecule has 4 nitrogen and oxygen atoms in total. The Bertz CT molecular complexity index is 1370. The molecule has 0 spiro atoms. The minimum absolute atomic E-state index is 0.00595. The van der Waals surface area contributed by atoms with Gasteiger partial charge < -0.3 is 14.0 Å². The molecule has 10 heteroatoms. The predicted octanol–water partition coefficient (Wildman–Crippen LogP) is 7.58. The zero-order valence-corrected chi connectivity index (χ0v) is 22.2. The Hall–Kier alpha value is -3.11. The Balaban J connectivity index is 1.62. The number of piperidine rings is 3. The fraction of sp³-hybridized carbons (Fsp3) is 0.433. The summed E-state index contributed by atoms with van der Waals surface area (Å²) in [5, 5.41) is 0.827. The molecule has 2 bridgehead atoms.